The first-order chi connectivity index (χ1) is 21.5. The summed E-state index contributed by atoms with van der Waals surface area (Å²) in [7, 11) is 0. The molecule has 0 radical (unpaired) electrons. The molecule has 1 aliphatic heterocycles. The fourth-order valence-corrected chi connectivity index (χ4v) is 5.74. The highest BCUT2D eigenvalue weighted by atomic mass is 16.5. The van der Waals surface area contributed by atoms with Gasteiger partial charge in [0.15, 0.2) is 22.9 Å². The maximum atomic E-state index is 13.4. The molecule has 0 atom stereocenters. The number of hydrogen-bond donors (Lipinski definition) is 0. The van der Waals surface area contributed by atoms with Gasteiger partial charge in [0, 0.05) is 51.1 Å². The Kier molecular flexibility index (Phi) is 8.71. The Hall–Kier alpha value is -4.94. The van der Waals surface area contributed by atoms with Gasteiger partial charge in [0.1, 0.15) is 6.10 Å². The molecule has 2 heterocycles. The van der Waals surface area contributed by atoms with Crippen LogP contribution in [-0.4, -0.2) is 47.7 Å². The standard InChI is InChI=1S/C38H36N2O4/c1-27(24-36(42)40-22-20-39(21-23-40)26-29-12-6-3-7-13-29)32-18-19-34(38-33(32)25-35(44-38)28(2)41)43-37(30-14-8-4-9-15-30)31-16-10-5-11-17-31/h3-19,24-25,37H,20-23,26H2,1-2H3. The van der Waals surface area contributed by atoms with Crippen LogP contribution in [0, 0.1) is 0 Å². The molecule has 44 heavy (non-hydrogen) atoms. The van der Waals surface area contributed by atoms with Gasteiger partial charge in [-0.3, -0.25) is 14.5 Å². The maximum absolute atomic E-state index is 13.4. The first kappa shape index (κ1) is 29.1. The Morgan fingerprint density at radius 1 is 0.795 bits per heavy atom. The Labute approximate surface area is 258 Å². The van der Waals surface area contributed by atoms with E-state index in [4.69, 9.17) is 9.15 Å². The fourth-order valence-electron chi connectivity index (χ4n) is 5.74. The van der Waals surface area contributed by atoms with E-state index in [0.29, 0.717) is 24.4 Å². The third-order valence-corrected chi connectivity index (χ3v) is 8.14. The molecule has 6 rings (SSSR count). The number of carbonyl (C=O) groups is 2. The monoisotopic (exact) mass is 584 g/mol. The molecule has 1 amide bonds. The molecule has 6 nitrogen and oxygen atoms in total. The summed E-state index contributed by atoms with van der Waals surface area (Å²) in [5, 5.41) is 0.738. The molecule has 0 N–H and O–H groups in total. The predicted molar refractivity (Wildman–Crippen MR) is 174 cm³/mol. The van der Waals surface area contributed by atoms with Crippen molar-refractivity contribution in [3.05, 3.63) is 143 Å². The zero-order chi connectivity index (χ0) is 30.5. The third kappa shape index (κ3) is 6.51. The quantitative estimate of drug-likeness (QED) is 0.132. The van der Waals surface area contributed by atoms with E-state index in [-0.39, 0.29) is 23.6 Å². The summed E-state index contributed by atoms with van der Waals surface area (Å²) in [6.07, 6.45) is 1.32. The highest BCUT2D eigenvalue weighted by Crippen LogP contribution is 2.38. The number of allylic oxidation sites excluding steroid dienone is 1. The Bertz CT molecular complexity index is 1730. The van der Waals surface area contributed by atoms with Crippen LogP contribution in [0.2, 0.25) is 0 Å². The van der Waals surface area contributed by atoms with Crippen molar-refractivity contribution in [2.24, 2.45) is 0 Å². The minimum atomic E-state index is -0.379. The molecular formula is C38H36N2O4. The number of piperazine rings is 1. The predicted octanol–water partition coefficient (Wildman–Crippen LogP) is 7.55. The Morgan fingerprint density at radius 2 is 1.39 bits per heavy atom. The van der Waals surface area contributed by atoms with Gasteiger partial charge in [0.2, 0.25) is 5.91 Å². The molecule has 0 aliphatic carbocycles. The van der Waals surface area contributed by atoms with Gasteiger partial charge in [-0.25, -0.2) is 0 Å². The highest BCUT2D eigenvalue weighted by molar-refractivity contribution is 6.03. The van der Waals surface area contributed by atoms with E-state index in [1.54, 1.807) is 12.1 Å². The smallest absolute Gasteiger partial charge is 0.246 e. The van der Waals surface area contributed by atoms with Gasteiger partial charge >= 0.3 is 0 Å². The lowest BCUT2D eigenvalue weighted by molar-refractivity contribution is -0.127. The Morgan fingerprint density at radius 3 is 1.98 bits per heavy atom. The van der Waals surface area contributed by atoms with E-state index in [1.807, 2.05) is 90.7 Å². The zero-order valence-electron chi connectivity index (χ0n) is 25.1. The van der Waals surface area contributed by atoms with Crippen LogP contribution < -0.4 is 4.74 Å². The minimum Gasteiger partial charge on any atom is -0.477 e. The van der Waals surface area contributed by atoms with E-state index in [1.165, 1.54) is 12.5 Å². The van der Waals surface area contributed by atoms with E-state index >= 15 is 0 Å². The van der Waals surface area contributed by atoms with Gasteiger partial charge in [0.25, 0.3) is 0 Å². The van der Waals surface area contributed by atoms with Gasteiger partial charge in [0.05, 0.1) is 0 Å². The molecular weight excluding hydrogens is 548 g/mol. The summed E-state index contributed by atoms with van der Waals surface area (Å²) in [5.41, 5.74) is 5.40. The van der Waals surface area contributed by atoms with Gasteiger partial charge in [-0.05, 0) is 46.9 Å². The number of carbonyl (C=O) groups excluding carboxylic acids is 2. The van der Waals surface area contributed by atoms with Crippen LogP contribution in [-0.2, 0) is 11.3 Å². The number of amides is 1. The average molecular weight is 585 g/mol. The molecule has 222 valence electrons. The van der Waals surface area contributed by atoms with Crippen molar-refractivity contribution >= 4 is 28.2 Å². The van der Waals surface area contributed by atoms with Crippen molar-refractivity contribution in [1.82, 2.24) is 9.80 Å². The summed E-state index contributed by atoms with van der Waals surface area (Å²) >= 11 is 0. The summed E-state index contributed by atoms with van der Waals surface area (Å²) in [5.74, 6) is 0.593. The fraction of sp³-hybridized carbons (Fsp3) is 0.211. The molecule has 4 aromatic carbocycles. The molecule has 0 unspecified atom stereocenters. The van der Waals surface area contributed by atoms with Gasteiger partial charge < -0.3 is 14.1 Å². The third-order valence-electron chi connectivity index (χ3n) is 8.14. The number of nitrogens with zero attached hydrogens (tertiary/aromatic N) is 2. The van der Waals surface area contributed by atoms with Crippen molar-refractivity contribution in [2.45, 2.75) is 26.5 Å². The summed E-state index contributed by atoms with van der Waals surface area (Å²) in [4.78, 5) is 30.0. The summed E-state index contributed by atoms with van der Waals surface area (Å²) in [6, 6.07) is 36.0. The lowest BCUT2D eigenvalue weighted by Crippen LogP contribution is -2.47. The average Bonchev–Trinajstić information content (AvgIpc) is 3.52. The normalized spacial score (nSPS) is 14.2. The number of benzene rings is 4. The Balaban J connectivity index is 1.25. The minimum absolute atomic E-state index is 0.0150. The number of ether oxygens (including phenoxy) is 1. The van der Waals surface area contributed by atoms with E-state index < -0.39 is 0 Å². The summed E-state index contributed by atoms with van der Waals surface area (Å²) in [6.45, 7) is 7.32. The molecule has 1 aliphatic rings. The second-order valence-corrected chi connectivity index (χ2v) is 11.3. The molecule has 1 fully saturated rings. The molecule has 0 spiro atoms. The second kappa shape index (κ2) is 13.1. The number of hydrogen-bond acceptors (Lipinski definition) is 5. The van der Waals surface area contributed by atoms with Crippen LogP contribution in [0.15, 0.2) is 120 Å². The van der Waals surface area contributed by atoms with Gasteiger partial charge in [-0.2, -0.15) is 0 Å². The van der Waals surface area contributed by atoms with Crippen molar-refractivity contribution in [3.63, 3.8) is 0 Å². The van der Waals surface area contributed by atoms with Crippen LogP contribution in [0.5, 0.6) is 5.75 Å². The summed E-state index contributed by atoms with van der Waals surface area (Å²) < 4.78 is 12.8. The number of rotatable bonds is 9. The van der Waals surface area contributed by atoms with Crippen molar-refractivity contribution < 1.29 is 18.7 Å². The lowest BCUT2D eigenvalue weighted by Gasteiger charge is -2.34. The molecule has 0 saturated carbocycles. The second-order valence-electron chi connectivity index (χ2n) is 11.3. The topological polar surface area (TPSA) is 63.0 Å². The van der Waals surface area contributed by atoms with Crippen LogP contribution in [0.4, 0.5) is 0 Å². The highest BCUT2D eigenvalue weighted by Gasteiger charge is 2.23. The van der Waals surface area contributed by atoms with Crippen LogP contribution >= 0.6 is 0 Å². The van der Waals surface area contributed by atoms with Crippen molar-refractivity contribution in [3.8, 4) is 5.75 Å². The molecule has 6 heteroatoms. The van der Waals surface area contributed by atoms with Crippen LogP contribution in [0.25, 0.3) is 16.5 Å². The van der Waals surface area contributed by atoms with E-state index in [9.17, 15) is 9.59 Å². The SMILES string of the molecule is CC(=O)c1cc2c(C(C)=CC(=O)N3CCN(Cc4ccccc4)CC3)ccc(OC(c3ccccc3)c3ccccc3)c2o1. The number of Topliss-reactive ketones (excluding diaryl/α,β-unsaturated/α-hetero) is 1. The largest absolute Gasteiger partial charge is 0.477 e. The zero-order valence-corrected chi connectivity index (χ0v) is 25.1. The first-order valence-corrected chi connectivity index (χ1v) is 15.0. The first-order valence-electron chi connectivity index (χ1n) is 15.0. The van der Waals surface area contributed by atoms with E-state index in [0.717, 1.165) is 47.3 Å². The molecule has 5 aromatic rings. The van der Waals surface area contributed by atoms with Crippen molar-refractivity contribution in [2.75, 3.05) is 26.2 Å². The molecule has 0 bridgehead atoms. The number of fused-ring (bicyclic) bond motifs is 1. The van der Waals surface area contributed by atoms with Gasteiger partial charge in [-0.1, -0.05) is 97.1 Å². The van der Waals surface area contributed by atoms with Gasteiger partial charge in [-0.15, -0.1) is 0 Å². The number of furan rings is 1. The van der Waals surface area contributed by atoms with Crippen LogP contribution in [0.3, 0.4) is 0 Å². The lowest BCUT2D eigenvalue weighted by atomic mass is 10.00. The molecule has 1 saturated heterocycles. The van der Waals surface area contributed by atoms with Crippen molar-refractivity contribution in [1.29, 1.82) is 0 Å². The van der Waals surface area contributed by atoms with E-state index in [2.05, 4.69) is 29.2 Å². The maximum Gasteiger partial charge on any atom is 0.246 e. The molecule has 1 aromatic heterocycles. The number of ketones is 1. The van der Waals surface area contributed by atoms with Crippen LogP contribution in [0.1, 0.15) is 52.8 Å².